The van der Waals surface area contributed by atoms with Crippen LogP contribution in [-0.4, -0.2) is 35.9 Å². The Kier molecular flexibility index (Phi) is 4.90. The van der Waals surface area contributed by atoms with Gasteiger partial charge in [0.2, 0.25) is 0 Å². The summed E-state index contributed by atoms with van der Waals surface area (Å²) in [6.45, 7) is 9.83. The fraction of sp³-hybridized carbons (Fsp3) is 0.471. The third-order valence-corrected chi connectivity index (χ3v) is 4.32. The maximum atomic E-state index is 11.8. The molecule has 0 saturated heterocycles. The molecule has 3 aromatic rings. The second-order valence-corrected chi connectivity index (χ2v) is 8.04. The number of amides is 1. The summed E-state index contributed by atoms with van der Waals surface area (Å²) < 4.78 is 11.3. The molecule has 0 saturated carbocycles. The summed E-state index contributed by atoms with van der Waals surface area (Å²) >= 11 is 1.42. The van der Waals surface area contributed by atoms with Gasteiger partial charge in [-0.25, -0.2) is 4.79 Å². The number of aromatic nitrogens is 5. The zero-order chi connectivity index (χ0) is 18.9. The topological polar surface area (TPSA) is 94.3 Å². The number of ether oxygens (including phenoxy) is 1. The highest BCUT2D eigenvalue weighted by atomic mass is 32.1. The summed E-state index contributed by atoms with van der Waals surface area (Å²) in [7, 11) is 0. The zero-order valence-electron chi connectivity index (χ0n) is 15.5. The Hall–Kier alpha value is -2.55. The van der Waals surface area contributed by atoms with Crippen molar-refractivity contribution in [3.63, 3.8) is 0 Å². The van der Waals surface area contributed by atoms with Crippen LogP contribution in [0.5, 0.6) is 0 Å². The molecule has 1 N–H and O–H groups in total. The maximum Gasteiger partial charge on any atom is 0.408 e. The van der Waals surface area contributed by atoms with E-state index in [9.17, 15) is 4.79 Å². The second-order valence-electron chi connectivity index (χ2n) is 7.23. The van der Waals surface area contributed by atoms with Crippen LogP contribution in [0.3, 0.4) is 0 Å². The number of alkyl carbamates (subject to hydrolysis) is 1. The van der Waals surface area contributed by atoms with Crippen LogP contribution in [0.1, 0.15) is 52.1 Å². The summed E-state index contributed by atoms with van der Waals surface area (Å²) in [5, 5.41) is 15.5. The Labute approximate surface area is 155 Å². The predicted octanol–water partition coefficient (Wildman–Crippen LogP) is 3.40. The van der Waals surface area contributed by atoms with Crippen molar-refractivity contribution in [2.45, 2.75) is 52.7 Å². The van der Waals surface area contributed by atoms with Gasteiger partial charge < -0.3 is 10.1 Å². The number of hydrogen-bond acceptors (Lipinski definition) is 7. The van der Waals surface area contributed by atoms with Crippen molar-refractivity contribution in [1.82, 2.24) is 29.5 Å². The van der Waals surface area contributed by atoms with Gasteiger partial charge >= 0.3 is 6.09 Å². The monoisotopic (exact) mass is 374 g/mol. The number of carbonyl (C=O) groups excluding carboxylic acids is 1. The van der Waals surface area contributed by atoms with E-state index in [1.54, 1.807) is 4.52 Å². The summed E-state index contributed by atoms with van der Waals surface area (Å²) in [4.78, 5) is 12.8. The molecule has 26 heavy (non-hydrogen) atoms. The third-order valence-electron chi connectivity index (χ3n) is 3.49. The predicted molar refractivity (Wildman–Crippen MR) is 99.1 cm³/mol. The van der Waals surface area contributed by atoms with E-state index in [1.807, 2.05) is 39.0 Å². The molecule has 0 unspecified atom stereocenters. The highest BCUT2D eigenvalue weighted by molar-refractivity contribution is 7.09. The largest absolute Gasteiger partial charge is 0.444 e. The molecule has 8 nitrogen and oxygen atoms in total. The molecule has 0 aliphatic carbocycles. The van der Waals surface area contributed by atoms with Crippen molar-refractivity contribution in [1.29, 1.82) is 0 Å². The van der Waals surface area contributed by atoms with Gasteiger partial charge in [-0.3, -0.25) is 0 Å². The molecule has 0 aliphatic rings. The Bertz CT molecular complexity index is 925. The van der Waals surface area contributed by atoms with Crippen LogP contribution in [-0.2, 0) is 11.3 Å². The normalized spacial score (nSPS) is 11.9. The standard InChI is InChI=1S/C17H22N6O2S/c1-10(2)12-8-13(26-22-12)11-6-7-14-19-20-15(23(14)21-11)9-18-16(24)25-17(3,4)5/h6-8,10H,9H2,1-5H3,(H,18,24). The number of fused-ring (bicyclic) bond motifs is 1. The molecule has 0 aliphatic heterocycles. The van der Waals surface area contributed by atoms with Crippen molar-refractivity contribution in [3.05, 3.63) is 29.7 Å². The Balaban J connectivity index is 1.80. The van der Waals surface area contributed by atoms with Crippen molar-refractivity contribution in [2.75, 3.05) is 0 Å². The number of hydrogen-bond donors (Lipinski definition) is 1. The smallest absolute Gasteiger partial charge is 0.408 e. The Morgan fingerprint density at radius 3 is 2.73 bits per heavy atom. The molecular weight excluding hydrogens is 352 g/mol. The fourth-order valence-electron chi connectivity index (χ4n) is 2.22. The molecule has 0 bridgehead atoms. The Morgan fingerprint density at radius 2 is 2.08 bits per heavy atom. The quantitative estimate of drug-likeness (QED) is 0.752. The zero-order valence-corrected chi connectivity index (χ0v) is 16.3. The molecule has 3 rings (SSSR count). The minimum absolute atomic E-state index is 0.173. The summed E-state index contributed by atoms with van der Waals surface area (Å²) in [6, 6.07) is 5.79. The van der Waals surface area contributed by atoms with Gasteiger partial charge in [-0.15, -0.1) is 10.2 Å². The van der Waals surface area contributed by atoms with E-state index >= 15 is 0 Å². The lowest BCUT2D eigenvalue weighted by Gasteiger charge is -2.19. The molecule has 0 aromatic carbocycles. The van der Waals surface area contributed by atoms with Crippen molar-refractivity contribution < 1.29 is 9.53 Å². The maximum absolute atomic E-state index is 11.8. The van der Waals surface area contributed by atoms with Crippen molar-refractivity contribution in [2.24, 2.45) is 0 Å². The van der Waals surface area contributed by atoms with Crippen LogP contribution in [0.25, 0.3) is 16.2 Å². The fourth-order valence-corrected chi connectivity index (χ4v) is 3.07. The second kappa shape index (κ2) is 6.99. The number of carbonyl (C=O) groups is 1. The highest BCUT2D eigenvalue weighted by Gasteiger charge is 2.17. The van der Waals surface area contributed by atoms with E-state index in [4.69, 9.17) is 4.74 Å². The summed E-state index contributed by atoms with van der Waals surface area (Å²) in [5.74, 6) is 0.897. The number of nitrogens with one attached hydrogen (secondary N) is 1. The molecular formula is C17H22N6O2S. The van der Waals surface area contributed by atoms with Crippen LogP contribution in [0, 0.1) is 0 Å². The van der Waals surface area contributed by atoms with Crippen LogP contribution in [0.15, 0.2) is 18.2 Å². The van der Waals surface area contributed by atoms with E-state index in [-0.39, 0.29) is 6.54 Å². The number of nitrogens with zero attached hydrogens (tertiary/aromatic N) is 5. The van der Waals surface area contributed by atoms with E-state index < -0.39 is 11.7 Å². The van der Waals surface area contributed by atoms with Gasteiger partial charge in [0.25, 0.3) is 0 Å². The van der Waals surface area contributed by atoms with Gasteiger partial charge in [0.05, 0.1) is 17.1 Å². The molecule has 0 atom stereocenters. The summed E-state index contributed by atoms with van der Waals surface area (Å²) in [6.07, 6.45) is -0.505. The van der Waals surface area contributed by atoms with Gasteiger partial charge in [0.15, 0.2) is 11.5 Å². The molecule has 0 radical (unpaired) electrons. The lowest BCUT2D eigenvalue weighted by molar-refractivity contribution is 0.0522. The first-order chi connectivity index (χ1) is 12.2. The van der Waals surface area contributed by atoms with Gasteiger partial charge in [-0.2, -0.15) is 14.0 Å². The molecule has 9 heteroatoms. The molecule has 0 fully saturated rings. The van der Waals surface area contributed by atoms with Crippen LogP contribution in [0.4, 0.5) is 4.79 Å². The first-order valence-electron chi connectivity index (χ1n) is 8.38. The summed E-state index contributed by atoms with van der Waals surface area (Å²) in [5.41, 5.74) is 1.90. The average Bonchev–Trinajstić information content (AvgIpc) is 3.18. The Morgan fingerprint density at radius 1 is 1.31 bits per heavy atom. The van der Waals surface area contributed by atoms with Crippen LogP contribution in [0.2, 0.25) is 0 Å². The minimum Gasteiger partial charge on any atom is -0.444 e. The van der Waals surface area contributed by atoms with E-state index in [0.29, 0.717) is 17.4 Å². The minimum atomic E-state index is -0.553. The van der Waals surface area contributed by atoms with E-state index in [1.165, 1.54) is 11.5 Å². The molecule has 1 amide bonds. The number of rotatable bonds is 4. The van der Waals surface area contributed by atoms with Crippen molar-refractivity contribution >= 4 is 23.3 Å². The van der Waals surface area contributed by atoms with Gasteiger partial charge in [0.1, 0.15) is 11.3 Å². The SMILES string of the molecule is CC(C)c1cc(-c2ccc3nnc(CNC(=O)OC(C)(C)C)n3n2)sn1. The molecule has 0 spiro atoms. The molecule has 3 aromatic heterocycles. The van der Waals surface area contributed by atoms with E-state index in [2.05, 4.69) is 38.8 Å². The lowest BCUT2D eigenvalue weighted by Crippen LogP contribution is -2.32. The highest BCUT2D eigenvalue weighted by Crippen LogP contribution is 2.26. The van der Waals surface area contributed by atoms with Crippen LogP contribution >= 0.6 is 11.5 Å². The van der Waals surface area contributed by atoms with Gasteiger partial charge in [-0.1, -0.05) is 13.8 Å². The van der Waals surface area contributed by atoms with Crippen molar-refractivity contribution in [3.8, 4) is 10.6 Å². The molecule has 138 valence electrons. The van der Waals surface area contributed by atoms with Gasteiger partial charge in [0, 0.05) is 0 Å². The first-order valence-corrected chi connectivity index (χ1v) is 9.15. The van der Waals surface area contributed by atoms with Gasteiger partial charge in [-0.05, 0) is 56.4 Å². The lowest BCUT2D eigenvalue weighted by atomic mass is 10.1. The van der Waals surface area contributed by atoms with E-state index in [0.717, 1.165) is 16.3 Å². The first kappa shape index (κ1) is 18.2. The third kappa shape index (κ3) is 4.16. The van der Waals surface area contributed by atoms with Crippen LogP contribution < -0.4 is 5.32 Å². The molecule has 3 heterocycles. The average molecular weight is 374 g/mol.